The molecule has 13 nitrogen and oxygen atoms in total. The lowest BCUT2D eigenvalue weighted by Gasteiger charge is -2.09. The SMILES string of the molecule is Cc1ccc(S(=O)(=O)OCCOCCOCCOCCOCCOCCOCCOCCOCCOCCOC(C)C)cc1. The molecule has 0 saturated heterocycles. The van der Waals surface area contributed by atoms with Crippen molar-refractivity contribution in [2.45, 2.75) is 31.8 Å². The van der Waals surface area contributed by atoms with Crippen molar-refractivity contribution in [3.05, 3.63) is 29.8 Å². The summed E-state index contributed by atoms with van der Waals surface area (Å²) in [6.07, 6.45) is 0.224. The highest BCUT2D eigenvalue weighted by Gasteiger charge is 2.14. The Labute approximate surface area is 263 Å². The van der Waals surface area contributed by atoms with Crippen molar-refractivity contribution in [2.75, 3.05) is 132 Å². The Morgan fingerprint density at radius 2 is 0.727 bits per heavy atom. The molecule has 0 spiro atoms. The van der Waals surface area contributed by atoms with Crippen molar-refractivity contribution in [3.63, 3.8) is 0 Å². The summed E-state index contributed by atoms with van der Waals surface area (Å²) in [4.78, 5) is 0.129. The van der Waals surface area contributed by atoms with Gasteiger partial charge in [0.2, 0.25) is 0 Å². The third-order valence-corrected chi connectivity index (χ3v) is 6.76. The van der Waals surface area contributed by atoms with E-state index < -0.39 is 10.1 Å². The second-order valence-electron chi connectivity index (χ2n) is 9.52. The first-order chi connectivity index (χ1) is 21.4. The summed E-state index contributed by atoms with van der Waals surface area (Å²) < 4.78 is 83.3. The maximum Gasteiger partial charge on any atom is 0.297 e. The zero-order valence-electron chi connectivity index (χ0n) is 26.7. The molecule has 0 aliphatic carbocycles. The minimum Gasteiger partial charge on any atom is -0.377 e. The molecule has 1 aromatic carbocycles. The summed E-state index contributed by atoms with van der Waals surface area (Å²) in [7, 11) is -3.77. The predicted molar refractivity (Wildman–Crippen MR) is 163 cm³/mol. The van der Waals surface area contributed by atoms with Crippen molar-refractivity contribution >= 4 is 10.1 Å². The second-order valence-corrected chi connectivity index (χ2v) is 11.1. The highest BCUT2D eigenvalue weighted by Crippen LogP contribution is 2.12. The van der Waals surface area contributed by atoms with Crippen LogP contribution in [0.15, 0.2) is 29.2 Å². The highest BCUT2D eigenvalue weighted by molar-refractivity contribution is 7.86. The van der Waals surface area contributed by atoms with Crippen molar-refractivity contribution in [1.82, 2.24) is 0 Å². The average Bonchev–Trinajstić information content (AvgIpc) is 3.00. The van der Waals surface area contributed by atoms with Crippen molar-refractivity contribution < 1.29 is 60.0 Å². The van der Waals surface area contributed by atoms with E-state index in [-0.39, 0.29) is 24.2 Å². The van der Waals surface area contributed by atoms with Gasteiger partial charge < -0.3 is 47.4 Å². The van der Waals surface area contributed by atoms with E-state index in [2.05, 4.69) is 0 Å². The van der Waals surface area contributed by atoms with Crippen LogP contribution in [0.3, 0.4) is 0 Å². The summed E-state index contributed by atoms with van der Waals surface area (Å²) in [5, 5.41) is 0. The van der Waals surface area contributed by atoms with E-state index in [4.69, 9.17) is 51.6 Å². The molecular weight excluding hydrogens is 600 g/mol. The lowest BCUT2D eigenvalue weighted by atomic mass is 10.2. The molecule has 0 heterocycles. The summed E-state index contributed by atoms with van der Waals surface area (Å²) >= 11 is 0. The summed E-state index contributed by atoms with van der Waals surface area (Å²) in [5.41, 5.74) is 0.976. The van der Waals surface area contributed by atoms with Crippen LogP contribution in [0.4, 0.5) is 0 Å². The molecule has 0 N–H and O–H groups in total. The number of benzene rings is 1. The Kier molecular flexibility index (Phi) is 27.0. The molecule has 0 saturated carbocycles. The van der Waals surface area contributed by atoms with E-state index in [9.17, 15) is 8.42 Å². The van der Waals surface area contributed by atoms with Crippen LogP contribution in [0.5, 0.6) is 0 Å². The molecule has 0 aliphatic heterocycles. The van der Waals surface area contributed by atoms with Crippen LogP contribution in [0, 0.1) is 6.92 Å². The first-order valence-corrected chi connectivity index (χ1v) is 16.6. The van der Waals surface area contributed by atoms with Gasteiger partial charge in [0.05, 0.1) is 143 Å². The van der Waals surface area contributed by atoms with Gasteiger partial charge in [0, 0.05) is 0 Å². The van der Waals surface area contributed by atoms with Gasteiger partial charge >= 0.3 is 0 Å². The van der Waals surface area contributed by atoms with Gasteiger partial charge in [0.25, 0.3) is 10.1 Å². The van der Waals surface area contributed by atoms with Crippen molar-refractivity contribution in [3.8, 4) is 0 Å². The van der Waals surface area contributed by atoms with Gasteiger partial charge in [0.1, 0.15) is 0 Å². The minimum atomic E-state index is -3.77. The number of aryl methyl sites for hydroxylation is 1. The zero-order valence-corrected chi connectivity index (χ0v) is 27.6. The fourth-order valence-electron chi connectivity index (χ4n) is 3.18. The molecule has 0 bridgehead atoms. The molecule has 258 valence electrons. The fraction of sp³-hybridized carbons (Fsp3) is 0.800. The van der Waals surface area contributed by atoms with E-state index in [0.717, 1.165) is 5.56 Å². The van der Waals surface area contributed by atoms with Gasteiger partial charge in [-0.05, 0) is 32.9 Å². The summed E-state index contributed by atoms with van der Waals surface area (Å²) in [5.74, 6) is 0. The lowest BCUT2D eigenvalue weighted by molar-refractivity contribution is -0.0280. The molecule has 0 aliphatic rings. The van der Waals surface area contributed by atoms with Gasteiger partial charge in [-0.2, -0.15) is 8.42 Å². The van der Waals surface area contributed by atoms with E-state index in [0.29, 0.717) is 119 Å². The number of ether oxygens (including phenoxy) is 10. The van der Waals surface area contributed by atoms with E-state index in [1.165, 1.54) is 12.1 Å². The standard InChI is InChI=1S/C30H54O13S/c1-28(2)42-26-24-40-22-20-38-18-16-36-14-12-34-10-8-33-9-11-35-13-15-37-17-19-39-21-23-41-25-27-43-44(31,32)30-6-4-29(3)5-7-30/h4-7,28H,8-27H2,1-3H3. The van der Waals surface area contributed by atoms with Gasteiger partial charge in [0.15, 0.2) is 0 Å². The normalized spacial score (nSPS) is 12.0. The largest absolute Gasteiger partial charge is 0.377 e. The van der Waals surface area contributed by atoms with Gasteiger partial charge in [-0.1, -0.05) is 17.7 Å². The fourth-order valence-corrected chi connectivity index (χ4v) is 4.07. The molecule has 1 aromatic rings. The Morgan fingerprint density at radius 1 is 0.455 bits per heavy atom. The zero-order chi connectivity index (χ0) is 32.0. The summed E-state index contributed by atoms with van der Waals surface area (Å²) in [6.45, 7) is 14.7. The lowest BCUT2D eigenvalue weighted by Crippen LogP contribution is -2.16. The van der Waals surface area contributed by atoms with Gasteiger partial charge in [-0.15, -0.1) is 0 Å². The van der Waals surface area contributed by atoms with Crippen LogP contribution in [0.2, 0.25) is 0 Å². The van der Waals surface area contributed by atoms with Crippen LogP contribution >= 0.6 is 0 Å². The number of rotatable bonds is 33. The third-order valence-electron chi connectivity index (χ3n) is 5.43. The molecule has 44 heavy (non-hydrogen) atoms. The van der Waals surface area contributed by atoms with E-state index in [1.54, 1.807) is 12.1 Å². The smallest absolute Gasteiger partial charge is 0.297 e. The number of hydrogen-bond acceptors (Lipinski definition) is 13. The molecule has 0 radical (unpaired) electrons. The highest BCUT2D eigenvalue weighted by atomic mass is 32.2. The van der Waals surface area contributed by atoms with E-state index >= 15 is 0 Å². The Bertz CT molecular complexity index is 853. The molecule has 0 aromatic heterocycles. The second kappa shape index (κ2) is 29.2. The van der Waals surface area contributed by atoms with E-state index in [1.807, 2.05) is 20.8 Å². The first-order valence-electron chi connectivity index (χ1n) is 15.2. The third kappa shape index (κ3) is 26.0. The maximum absolute atomic E-state index is 12.1. The topological polar surface area (TPSA) is 136 Å². The molecule has 0 amide bonds. The van der Waals surface area contributed by atoms with Gasteiger partial charge in [-0.3, -0.25) is 4.18 Å². The Hall–Kier alpha value is -1.27. The Balaban J connectivity index is 1.69. The van der Waals surface area contributed by atoms with Crippen molar-refractivity contribution in [1.29, 1.82) is 0 Å². The van der Waals surface area contributed by atoms with Crippen molar-refractivity contribution in [2.24, 2.45) is 0 Å². The minimum absolute atomic E-state index is 0.0573. The molecule has 0 atom stereocenters. The summed E-state index contributed by atoms with van der Waals surface area (Å²) in [6, 6.07) is 6.48. The first kappa shape index (κ1) is 40.8. The molecule has 0 fully saturated rings. The molecular formula is C30H54O13S. The maximum atomic E-state index is 12.1. The van der Waals surface area contributed by atoms with Crippen LogP contribution in [0.1, 0.15) is 19.4 Å². The predicted octanol–water partition coefficient (Wildman–Crippen LogP) is 2.27. The van der Waals surface area contributed by atoms with Crippen LogP contribution in [-0.4, -0.2) is 147 Å². The monoisotopic (exact) mass is 654 g/mol. The van der Waals surface area contributed by atoms with Crippen LogP contribution in [0.25, 0.3) is 0 Å². The quantitative estimate of drug-likeness (QED) is 0.0811. The Morgan fingerprint density at radius 3 is 1.02 bits per heavy atom. The molecule has 1 rings (SSSR count). The average molecular weight is 655 g/mol. The molecule has 14 heteroatoms. The van der Waals surface area contributed by atoms with Crippen LogP contribution in [-0.2, 0) is 61.7 Å². The number of hydrogen-bond donors (Lipinski definition) is 0. The van der Waals surface area contributed by atoms with Crippen LogP contribution < -0.4 is 0 Å². The molecule has 0 unspecified atom stereocenters. The van der Waals surface area contributed by atoms with Gasteiger partial charge in [-0.25, -0.2) is 0 Å².